The van der Waals surface area contributed by atoms with Gasteiger partial charge in [-0.05, 0) is 6.54 Å². The molecule has 1 aromatic heterocycles. The molecule has 0 aliphatic heterocycles. The number of nitrogens with one attached hydrogen (secondary N) is 1. The third kappa shape index (κ3) is 4.37. The molecule has 0 aliphatic rings. The van der Waals surface area contributed by atoms with Crippen LogP contribution in [0.25, 0.3) is 0 Å². The third-order valence-corrected chi connectivity index (χ3v) is 2.60. The summed E-state index contributed by atoms with van der Waals surface area (Å²) in [6, 6.07) is 0. The Balaban J connectivity index is 2.34. The second kappa shape index (κ2) is 6.49. The lowest BCUT2D eigenvalue weighted by Gasteiger charge is -2.17. The molecule has 0 radical (unpaired) electrons. The van der Waals surface area contributed by atoms with E-state index in [0.717, 1.165) is 6.54 Å². The molecule has 0 atom stereocenters. The van der Waals surface area contributed by atoms with Crippen molar-refractivity contribution in [1.29, 1.82) is 0 Å². The molecule has 5 nitrogen and oxygen atoms in total. The van der Waals surface area contributed by atoms with E-state index in [1.807, 2.05) is 11.8 Å². The van der Waals surface area contributed by atoms with Crippen molar-refractivity contribution in [2.24, 2.45) is 0 Å². The van der Waals surface area contributed by atoms with Crippen molar-refractivity contribution >= 4 is 22.4 Å². The highest BCUT2D eigenvalue weighted by molar-refractivity contribution is 7.13. The number of likely N-dealkylation sites (N-methyl/N-ethyl adjacent to an activating group) is 1. The highest BCUT2D eigenvalue weighted by Crippen LogP contribution is 2.09. The largest absolute Gasteiger partial charge is 0.395 e. The van der Waals surface area contributed by atoms with Gasteiger partial charge in [-0.1, -0.05) is 6.92 Å². The van der Waals surface area contributed by atoms with Gasteiger partial charge in [0, 0.05) is 18.1 Å². The quantitative estimate of drug-likeness (QED) is 0.741. The molecule has 0 aliphatic carbocycles. The van der Waals surface area contributed by atoms with Crippen molar-refractivity contribution in [3.8, 4) is 0 Å². The summed E-state index contributed by atoms with van der Waals surface area (Å²) in [5.41, 5.74) is 0. The standard InChI is InChI=1S/C9H15N3O2S/c1-2-12(4-5-13)7-8(14)11-9-10-3-6-15-9/h3,6,13H,2,4-5,7H2,1H3,(H,10,11,14). The Labute approximate surface area is 92.7 Å². The van der Waals surface area contributed by atoms with Crippen LogP contribution in [0.5, 0.6) is 0 Å². The van der Waals surface area contributed by atoms with E-state index in [2.05, 4.69) is 10.3 Å². The average Bonchev–Trinajstić information content (AvgIpc) is 2.69. The lowest BCUT2D eigenvalue weighted by atomic mass is 10.4. The number of carbonyl (C=O) groups excluding carboxylic acids is 1. The summed E-state index contributed by atoms with van der Waals surface area (Å²) in [5, 5.41) is 13.9. The van der Waals surface area contributed by atoms with Crippen LogP contribution < -0.4 is 5.32 Å². The second-order valence-corrected chi connectivity index (χ2v) is 3.87. The first-order chi connectivity index (χ1) is 7.26. The summed E-state index contributed by atoms with van der Waals surface area (Å²) in [5.74, 6) is -0.0970. The molecule has 1 heterocycles. The van der Waals surface area contributed by atoms with Crippen LogP contribution >= 0.6 is 11.3 Å². The maximum atomic E-state index is 11.5. The molecule has 0 saturated carbocycles. The molecule has 0 spiro atoms. The zero-order chi connectivity index (χ0) is 11.1. The maximum Gasteiger partial charge on any atom is 0.240 e. The van der Waals surface area contributed by atoms with Crippen molar-refractivity contribution in [3.05, 3.63) is 11.6 Å². The molecule has 6 heteroatoms. The predicted octanol–water partition coefficient (Wildman–Crippen LogP) is 0.396. The van der Waals surface area contributed by atoms with Gasteiger partial charge in [-0.25, -0.2) is 4.98 Å². The van der Waals surface area contributed by atoms with E-state index in [4.69, 9.17) is 5.11 Å². The molecule has 1 aromatic rings. The molecule has 1 amide bonds. The number of hydrogen-bond donors (Lipinski definition) is 2. The molecule has 0 bridgehead atoms. The van der Waals surface area contributed by atoms with Crippen molar-refractivity contribution in [2.75, 3.05) is 31.6 Å². The first kappa shape index (κ1) is 12.1. The molecule has 15 heavy (non-hydrogen) atoms. The van der Waals surface area contributed by atoms with Crippen molar-refractivity contribution in [2.45, 2.75) is 6.92 Å². The maximum absolute atomic E-state index is 11.5. The summed E-state index contributed by atoms with van der Waals surface area (Å²) in [6.45, 7) is 3.56. The van der Waals surface area contributed by atoms with Gasteiger partial charge in [0.05, 0.1) is 13.2 Å². The van der Waals surface area contributed by atoms with Gasteiger partial charge in [-0.2, -0.15) is 0 Å². The Morgan fingerprint density at radius 1 is 1.73 bits per heavy atom. The van der Waals surface area contributed by atoms with Crippen LogP contribution in [0.1, 0.15) is 6.92 Å². The second-order valence-electron chi connectivity index (χ2n) is 2.98. The molecule has 0 unspecified atom stereocenters. The van der Waals surface area contributed by atoms with E-state index < -0.39 is 0 Å². The van der Waals surface area contributed by atoms with Crippen LogP contribution in [-0.2, 0) is 4.79 Å². The highest BCUT2D eigenvalue weighted by atomic mass is 32.1. The van der Waals surface area contributed by atoms with Crippen LogP contribution in [0.4, 0.5) is 5.13 Å². The molecule has 0 fully saturated rings. The number of carbonyl (C=O) groups is 1. The lowest BCUT2D eigenvalue weighted by molar-refractivity contribution is -0.117. The minimum Gasteiger partial charge on any atom is -0.395 e. The molecular formula is C9H15N3O2S. The van der Waals surface area contributed by atoms with Gasteiger partial charge in [0.2, 0.25) is 5.91 Å². The zero-order valence-electron chi connectivity index (χ0n) is 8.64. The Hall–Kier alpha value is -0.980. The van der Waals surface area contributed by atoms with E-state index in [1.165, 1.54) is 11.3 Å². The van der Waals surface area contributed by atoms with Gasteiger partial charge < -0.3 is 10.4 Å². The number of aromatic nitrogens is 1. The normalized spacial score (nSPS) is 10.6. The van der Waals surface area contributed by atoms with Crippen LogP contribution in [0.3, 0.4) is 0 Å². The molecule has 2 N–H and O–H groups in total. The number of nitrogens with zero attached hydrogens (tertiary/aromatic N) is 2. The summed E-state index contributed by atoms with van der Waals surface area (Å²) < 4.78 is 0. The number of anilines is 1. The van der Waals surface area contributed by atoms with Crippen molar-refractivity contribution in [3.63, 3.8) is 0 Å². The van der Waals surface area contributed by atoms with E-state index in [1.54, 1.807) is 11.6 Å². The first-order valence-electron chi connectivity index (χ1n) is 4.78. The van der Waals surface area contributed by atoms with Crippen LogP contribution in [-0.4, -0.2) is 47.1 Å². The van der Waals surface area contributed by atoms with Gasteiger partial charge >= 0.3 is 0 Å². The fourth-order valence-corrected chi connectivity index (χ4v) is 1.68. The monoisotopic (exact) mass is 229 g/mol. The highest BCUT2D eigenvalue weighted by Gasteiger charge is 2.09. The number of hydrogen-bond acceptors (Lipinski definition) is 5. The minimum atomic E-state index is -0.0970. The summed E-state index contributed by atoms with van der Waals surface area (Å²) in [6.07, 6.45) is 1.64. The number of aliphatic hydroxyl groups is 1. The predicted molar refractivity (Wildman–Crippen MR) is 59.9 cm³/mol. The lowest BCUT2D eigenvalue weighted by Crippen LogP contribution is -2.35. The molecule has 0 saturated heterocycles. The molecule has 1 rings (SSSR count). The minimum absolute atomic E-state index is 0.0678. The van der Waals surface area contributed by atoms with Gasteiger partial charge in [0.25, 0.3) is 0 Å². The number of aliphatic hydroxyl groups excluding tert-OH is 1. The van der Waals surface area contributed by atoms with E-state index in [0.29, 0.717) is 11.7 Å². The first-order valence-corrected chi connectivity index (χ1v) is 5.66. The van der Waals surface area contributed by atoms with Crippen molar-refractivity contribution < 1.29 is 9.90 Å². The Morgan fingerprint density at radius 2 is 2.53 bits per heavy atom. The topological polar surface area (TPSA) is 65.5 Å². The van der Waals surface area contributed by atoms with Crippen LogP contribution in [0.2, 0.25) is 0 Å². The molecular weight excluding hydrogens is 214 g/mol. The Bertz CT molecular complexity index is 290. The van der Waals surface area contributed by atoms with E-state index >= 15 is 0 Å². The van der Waals surface area contributed by atoms with E-state index in [9.17, 15) is 4.79 Å². The number of thiazole rings is 1. The summed E-state index contributed by atoms with van der Waals surface area (Å²) in [4.78, 5) is 17.3. The fraction of sp³-hybridized carbons (Fsp3) is 0.556. The van der Waals surface area contributed by atoms with Crippen molar-refractivity contribution in [1.82, 2.24) is 9.88 Å². The number of rotatable bonds is 6. The Morgan fingerprint density at radius 3 is 3.07 bits per heavy atom. The molecule has 84 valence electrons. The van der Waals surface area contributed by atoms with Crippen LogP contribution in [0, 0.1) is 0 Å². The van der Waals surface area contributed by atoms with Crippen LogP contribution in [0.15, 0.2) is 11.6 Å². The van der Waals surface area contributed by atoms with Gasteiger partial charge in [0.1, 0.15) is 0 Å². The zero-order valence-corrected chi connectivity index (χ0v) is 9.46. The summed E-state index contributed by atoms with van der Waals surface area (Å²) in [7, 11) is 0. The average molecular weight is 229 g/mol. The SMILES string of the molecule is CCN(CCO)CC(=O)Nc1nccs1. The summed E-state index contributed by atoms with van der Waals surface area (Å²) >= 11 is 1.39. The molecule has 0 aromatic carbocycles. The fourth-order valence-electron chi connectivity index (χ4n) is 1.14. The van der Waals surface area contributed by atoms with E-state index in [-0.39, 0.29) is 19.1 Å². The third-order valence-electron chi connectivity index (χ3n) is 1.91. The van der Waals surface area contributed by atoms with Gasteiger partial charge in [-0.3, -0.25) is 9.69 Å². The van der Waals surface area contributed by atoms with Gasteiger partial charge in [0.15, 0.2) is 5.13 Å². The van der Waals surface area contributed by atoms with Gasteiger partial charge in [-0.15, -0.1) is 11.3 Å². The number of amides is 1. The Kier molecular flexibility index (Phi) is 5.23. The smallest absolute Gasteiger partial charge is 0.240 e.